The van der Waals surface area contributed by atoms with E-state index in [9.17, 15) is 0 Å². The van der Waals surface area contributed by atoms with Crippen molar-refractivity contribution < 1.29 is 4.74 Å². The highest BCUT2D eigenvalue weighted by atomic mass is 32.2. The average molecular weight is 291 g/mol. The van der Waals surface area contributed by atoms with Crippen LogP contribution >= 0.6 is 11.8 Å². The molecular weight excluding hydrogens is 270 g/mol. The first kappa shape index (κ1) is 13.8. The number of H-pyrrole nitrogens is 1. The molecule has 4 nitrogen and oxygen atoms in total. The molecule has 1 saturated carbocycles. The SMILES string of the molecule is COc1ccc2nc(SCCNC(C)C3CC3)[nH]c2c1. The Bertz CT molecular complexity index is 580. The van der Waals surface area contributed by atoms with Crippen LogP contribution in [0.1, 0.15) is 19.8 Å². The van der Waals surface area contributed by atoms with E-state index >= 15 is 0 Å². The Kier molecular flexibility index (Phi) is 4.17. The lowest BCUT2D eigenvalue weighted by Gasteiger charge is -2.11. The van der Waals surface area contributed by atoms with Gasteiger partial charge in [-0.05, 0) is 37.8 Å². The van der Waals surface area contributed by atoms with Crippen LogP contribution in [0.5, 0.6) is 5.75 Å². The number of fused-ring (bicyclic) bond motifs is 1. The van der Waals surface area contributed by atoms with Crippen molar-refractivity contribution in [3.05, 3.63) is 18.2 Å². The molecule has 1 aromatic carbocycles. The number of imidazole rings is 1. The second-order valence-electron chi connectivity index (χ2n) is 5.35. The Morgan fingerprint density at radius 1 is 1.50 bits per heavy atom. The highest BCUT2D eigenvalue weighted by Gasteiger charge is 2.27. The van der Waals surface area contributed by atoms with Crippen molar-refractivity contribution in [2.24, 2.45) is 5.92 Å². The van der Waals surface area contributed by atoms with Crippen LogP contribution in [0, 0.1) is 5.92 Å². The fourth-order valence-electron chi connectivity index (χ4n) is 2.36. The molecule has 0 aliphatic heterocycles. The Morgan fingerprint density at radius 2 is 2.35 bits per heavy atom. The van der Waals surface area contributed by atoms with E-state index in [2.05, 4.69) is 22.2 Å². The lowest BCUT2D eigenvalue weighted by atomic mass is 10.2. The molecule has 108 valence electrons. The zero-order chi connectivity index (χ0) is 13.9. The van der Waals surface area contributed by atoms with Crippen molar-refractivity contribution in [3.63, 3.8) is 0 Å². The van der Waals surface area contributed by atoms with Gasteiger partial charge in [-0.15, -0.1) is 0 Å². The summed E-state index contributed by atoms with van der Waals surface area (Å²) in [6.07, 6.45) is 2.79. The molecule has 0 saturated heterocycles. The highest BCUT2D eigenvalue weighted by Crippen LogP contribution is 2.32. The van der Waals surface area contributed by atoms with Crippen molar-refractivity contribution >= 4 is 22.8 Å². The van der Waals surface area contributed by atoms with Crippen molar-refractivity contribution in [3.8, 4) is 5.75 Å². The summed E-state index contributed by atoms with van der Waals surface area (Å²) in [7, 11) is 1.68. The molecule has 5 heteroatoms. The fraction of sp³-hybridized carbons (Fsp3) is 0.533. The van der Waals surface area contributed by atoms with E-state index in [-0.39, 0.29) is 0 Å². The number of ether oxygens (including phenoxy) is 1. The molecule has 0 spiro atoms. The van der Waals surface area contributed by atoms with Crippen LogP contribution in [0.2, 0.25) is 0 Å². The maximum absolute atomic E-state index is 5.22. The monoisotopic (exact) mass is 291 g/mol. The van der Waals surface area contributed by atoms with Crippen LogP contribution in [0.4, 0.5) is 0 Å². The van der Waals surface area contributed by atoms with Crippen molar-refractivity contribution in [2.45, 2.75) is 31.0 Å². The van der Waals surface area contributed by atoms with Gasteiger partial charge in [0.25, 0.3) is 0 Å². The molecule has 0 radical (unpaired) electrons. The molecule has 1 aliphatic rings. The molecule has 3 rings (SSSR count). The maximum atomic E-state index is 5.22. The van der Waals surface area contributed by atoms with Gasteiger partial charge in [0.2, 0.25) is 0 Å². The Hall–Kier alpha value is -1.20. The molecule has 2 aromatic rings. The minimum Gasteiger partial charge on any atom is -0.497 e. The zero-order valence-corrected chi connectivity index (χ0v) is 12.8. The third-order valence-electron chi connectivity index (χ3n) is 3.80. The van der Waals surface area contributed by atoms with Crippen molar-refractivity contribution in [1.82, 2.24) is 15.3 Å². The number of hydrogen-bond donors (Lipinski definition) is 2. The molecule has 1 heterocycles. The number of aromatic amines is 1. The van der Waals surface area contributed by atoms with E-state index < -0.39 is 0 Å². The van der Waals surface area contributed by atoms with Gasteiger partial charge < -0.3 is 15.0 Å². The molecule has 0 bridgehead atoms. The normalized spacial score (nSPS) is 16.5. The molecule has 1 atom stereocenters. The Morgan fingerprint density at radius 3 is 3.10 bits per heavy atom. The van der Waals surface area contributed by atoms with Gasteiger partial charge in [0.05, 0.1) is 18.1 Å². The van der Waals surface area contributed by atoms with Crippen LogP contribution in [-0.4, -0.2) is 35.4 Å². The van der Waals surface area contributed by atoms with Crippen LogP contribution in [0.15, 0.2) is 23.4 Å². The number of nitrogens with one attached hydrogen (secondary N) is 2. The quantitative estimate of drug-likeness (QED) is 0.608. The van der Waals surface area contributed by atoms with E-state index in [1.54, 1.807) is 18.9 Å². The van der Waals surface area contributed by atoms with Crippen molar-refractivity contribution in [2.75, 3.05) is 19.4 Å². The average Bonchev–Trinajstić information content (AvgIpc) is 3.23. The van der Waals surface area contributed by atoms with E-state index in [1.165, 1.54) is 12.8 Å². The molecule has 20 heavy (non-hydrogen) atoms. The summed E-state index contributed by atoms with van der Waals surface area (Å²) in [6, 6.07) is 6.58. The van der Waals surface area contributed by atoms with E-state index in [0.29, 0.717) is 6.04 Å². The summed E-state index contributed by atoms with van der Waals surface area (Å²) in [5.74, 6) is 2.81. The van der Waals surface area contributed by atoms with E-state index in [1.807, 2.05) is 18.2 Å². The fourth-order valence-corrected chi connectivity index (χ4v) is 3.12. The minimum absolute atomic E-state index is 0.663. The summed E-state index contributed by atoms with van der Waals surface area (Å²) in [5, 5.41) is 4.56. The molecule has 1 fully saturated rings. The summed E-state index contributed by atoms with van der Waals surface area (Å²) in [4.78, 5) is 7.91. The van der Waals surface area contributed by atoms with Gasteiger partial charge >= 0.3 is 0 Å². The second kappa shape index (κ2) is 6.06. The lowest BCUT2D eigenvalue weighted by Crippen LogP contribution is -2.29. The third-order valence-corrected chi connectivity index (χ3v) is 4.68. The molecule has 1 aromatic heterocycles. The van der Waals surface area contributed by atoms with Gasteiger partial charge in [0.1, 0.15) is 5.75 Å². The summed E-state index contributed by atoms with van der Waals surface area (Å²) in [5.41, 5.74) is 2.03. The van der Waals surface area contributed by atoms with Crippen LogP contribution in [0.3, 0.4) is 0 Å². The topological polar surface area (TPSA) is 49.9 Å². The van der Waals surface area contributed by atoms with Gasteiger partial charge in [0, 0.05) is 24.4 Å². The van der Waals surface area contributed by atoms with Gasteiger partial charge in [0.15, 0.2) is 5.16 Å². The predicted octanol–water partition coefficient (Wildman–Crippen LogP) is 3.05. The number of methoxy groups -OCH3 is 1. The maximum Gasteiger partial charge on any atom is 0.166 e. The minimum atomic E-state index is 0.663. The lowest BCUT2D eigenvalue weighted by molar-refractivity contribution is 0.415. The standard InChI is InChI=1S/C15H21N3OS/c1-10(11-3-4-11)16-7-8-20-15-17-13-6-5-12(19-2)9-14(13)18-15/h5-6,9-11,16H,3-4,7-8H2,1-2H3,(H,17,18). The van der Waals surface area contributed by atoms with Crippen LogP contribution < -0.4 is 10.1 Å². The largest absolute Gasteiger partial charge is 0.497 e. The predicted molar refractivity (Wildman–Crippen MR) is 83.6 cm³/mol. The molecule has 1 unspecified atom stereocenters. The van der Waals surface area contributed by atoms with Gasteiger partial charge in [-0.25, -0.2) is 4.98 Å². The number of nitrogens with zero attached hydrogens (tertiary/aromatic N) is 1. The third kappa shape index (κ3) is 3.27. The van der Waals surface area contributed by atoms with Crippen LogP contribution in [0.25, 0.3) is 11.0 Å². The van der Waals surface area contributed by atoms with E-state index in [4.69, 9.17) is 4.74 Å². The first-order valence-electron chi connectivity index (χ1n) is 7.16. The number of aromatic nitrogens is 2. The molecular formula is C15H21N3OS. The molecule has 0 amide bonds. The number of hydrogen-bond acceptors (Lipinski definition) is 4. The summed E-state index contributed by atoms with van der Waals surface area (Å²) >= 11 is 1.76. The second-order valence-corrected chi connectivity index (χ2v) is 6.44. The number of thioether (sulfide) groups is 1. The van der Waals surface area contributed by atoms with Crippen molar-refractivity contribution in [1.29, 1.82) is 0 Å². The first-order chi connectivity index (χ1) is 9.76. The summed E-state index contributed by atoms with van der Waals surface area (Å²) in [6.45, 7) is 3.32. The van der Waals surface area contributed by atoms with Gasteiger partial charge in [-0.3, -0.25) is 0 Å². The Balaban J connectivity index is 1.52. The van der Waals surface area contributed by atoms with Gasteiger partial charge in [-0.2, -0.15) is 0 Å². The number of rotatable bonds is 7. The molecule has 1 aliphatic carbocycles. The Labute approximate surface area is 123 Å². The highest BCUT2D eigenvalue weighted by molar-refractivity contribution is 7.99. The summed E-state index contributed by atoms with van der Waals surface area (Å²) < 4.78 is 5.22. The zero-order valence-electron chi connectivity index (χ0n) is 12.0. The van der Waals surface area contributed by atoms with Crippen LogP contribution in [-0.2, 0) is 0 Å². The van der Waals surface area contributed by atoms with Gasteiger partial charge in [-0.1, -0.05) is 11.8 Å². The van der Waals surface area contributed by atoms with E-state index in [0.717, 1.165) is 40.2 Å². The number of benzene rings is 1. The molecule has 2 N–H and O–H groups in total. The first-order valence-corrected chi connectivity index (χ1v) is 8.15. The smallest absolute Gasteiger partial charge is 0.166 e.